The molecule has 2 aromatic rings. The molecule has 2 atom stereocenters. The minimum atomic E-state index is 0.562. The summed E-state index contributed by atoms with van der Waals surface area (Å²) >= 11 is 3.61. The van der Waals surface area contributed by atoms with E-state index in [1.165, 1.54) is 10.9 Å². The van der Waals surface area contributed by atoms with Crippen LogP contribution in [0.3, 0.4) is 0 Å². The van der Waals surface area contributed by atoms with Crippen molar-refractivity contribution in [2.24, 2.45) is 0 Å². The predicted octanol–water partition coefficient (Wildman–Crippen LogP) is 4.51. The summed E-state index contributed by atoms with van der Waals surface area (Å²) < 4.78 is 0. The van der Waals surface area contributed by atoms with E-state index >= 15 is 0 Å². The molecule has 2 heteroatoms. The summed E-state index contributed by atoms with van der Waals surface area (Å²) in [5, 5.41) is 1.23. The van der Waals surface area contributed by atoms with Crippen molar-refractivity contribution in [2.45, 2.75) is 31.0 Å². The van der Waals surface area contributed by atoms with E-state index in [0.717, 1.165) is 11.9 Å². The smallest absolute Gasteiger partial charge is 0.0702 e. The van der Waals surface area contributed by atoms with Gasteiger partial charge in [-0.3, -0.25) is 4.98 Å². The molecule has 0 aliphatic rings. The fraction of sp³-hybridized carbons (Fsp3) is 0.357. The van der Waals surface area contributed by atoms with Gasteiger partial charge in [0.25, 0.3) is 0 Å². The highest BCUT2D eigenvalue weighted by molar-refractivity contribution is 9.09. The maximum Gasteiger partial charge on any atom is 0.0702 e. The lowest BCUT2D eigenvalue weighted by Crippen LogP contribution is -2.00. The van der Waals surface area contributed by atoms with E-state index in [1.807, 2.05) is 12.3 Å². The second-order valence-corrected chi connectivity index (χ2v) is 5.94. The van der Waals surface area contributed by atoms with Gasteiger partial charge in [-0.05, 0) is 36.1 Å². The Hall–Kier alpha value is -0.890. The van der Waals surface area contributed by atoms with Crippen LogP contribution in [-0.4, -0.2) is 9.81 Å². The van der Waals surface area contributed by atoms with Gasteiger partial charge in [0.2, 0.25) is 0 Å². The van der Waals surface area contributed by atoms with Crippen molar-refractivity contribution in [3.8, 4) is 0 Å². The van der Waals surface area contributed by atoms with Gasteiger partial charge in [-0.15, -0.1) is 0 Å². The zero-order chi connectivity index (χ0) is 11.5. The second-order valence-electron chi connectivity index (χ2n) is 4.37. The van der Waals surface area contributed by atoms with Gasteiger partial charge in [-0.25, -0.2) is 0 Å². The van der Waals surface area contributed by atoms with E-state index in [-0.39, 0.29) is 0 Å². The van der Waals surface area contributed by atoms with Gasteiger partial charge in [-0.1, -0.05) is 41.9 Å². The number of rotatable bonds is 3. The molecule has 0 saturated carbocycles. The standard InChI is InChI=1S/C14H16BrN/c1-10(8-11(2)15)12-5-6-14-13(9-12)4-3-7-16-14/h3-7,9-11H,8H2,1-2H3. The van der Waals surface area contributed by atoms with Crippen LogP contribution in [-0.2, 0) is 0 Å². The first kappa shape index (κ1) is 11.6. The highest BCUT2D eigenvalue weighted by Gasteiger charge is 2.09. The third-order valence-electron chi connectivity index (χ3n) is 2.87. The van der Waals surface area contributed by atoms with Crippen LogP contribution in [0.1, 0.15) is 31.7 Å². The normalized spacial score (nSPS) is 14.9. The van der Waals surface area contributed by atoms with Crippen molar-refractivity contribution < 1.29 is 0 Å². The SMILES string of the molecule is CC(Br)CC(C)c1ccc2ncccc2c1. The summed E-state index contributed by atoms with van der Waals surface area (Å²) in [5.74, 6) is 0.582. The molecule has 1 aromatic heterocycles. The number of pyridine rings is 1. The molecule has 0 spiro atoms. The minimum Gasteiger partial charge on any atom is -0.256 e. The van der Waals surface area contributed by atoms with Gasteiger partial charge in [0.15, 0.2) is 0 Å². The Bertz CT molecular complexity index is 479. The third kappa shape index (κ3) is 2.62. The molecule has 0 N–H and O–H groups in total. The monoisotopic (exact) mass is 277 g/mol. The number of aromatic nitrogens is 1. The van der Waals surface area contributed by atoms with Crippen molar-refractivity contribution in [1.82, 2.24) is 4.98 Å². The van der Waals surface area contributed by atoms with Crippen LogP contribution in [0.15, 0.2) is 36.5 Å². The summed E-state index contributed by atoms with van der Waals surface area (Å²) in [6.07, 6.45) is 3.00. The van der Waals surface area contributed by atoms with Gasteiger partial charge in [0.1, 0.15) is 0 Å². The quantitative estimate of drug-likeness (QED) is 0.753. The van der Waals surface area contributed by atoms with E-state index in [0.29, 0.717) is 10.7 Å². The van der Waals surface area contributed by atoms with Crippen LogP contribution >= 0.6 is 15.9 Å². The number of benzene rings is 1. The summed E-state index contributed by atoms with van der Waals surface area (Å²) in [6, 6.07) is 10.7. The molecule has 1 nitrogen and oxygen atoms in total. The molecule has 0 aliphatic heterocycles. The third-order valence-corrected chi connectivity index (χ3v) is 3.25. The number of nitrogens with zero attached hydrogens (tertiary/aromatic N) is 1. The minimum absolute atomic E-state index is 0.562. The molecule has 2 unspecified atom stereocenters. The number of hydrogen-bond acceptors (Lipinski definition) is 1. The first-order valence-corrected chi connectivity index (χ1v) is 6.57. The van der Waals surface area contributed by atoms with Crippen molar-refractivity contribution in [2.75, 3.05) is 0 Å². The Kier molecular flexibility index (Phi) is 3.59. The molecule has 0 saturated heterocycles. The molecular weight excluding hydrogens is 262 g/mol. The van der Waals surface area contributed by atoms with E-state index in [4.69, 9.17) is 0 Å². The topological polar surface area (TPSA) is 12.9 Å². The molecule has 0 amide bonds. The molecule has 1 aromatic carbocycles. The van der Waals surface area contributed by atoms with Gasteiger partial charge >= 0.3 is 0 Å². The van der Waals surface area contributed by atoms with Crippen LogP contribution in [0.5, 0.6) is 0 Å². The lowest BCUT2D eigenvalue weighted by molar-refractivity contribution is 0.682. The van der Waals surface area contributed by atoms with Crippen LogP contribution in [0, 0.1) is 0 Å². The van der Waals surface area contributed by atoms with Crippen LogP contribution in [0.4, 0.5) is 0 Å². The summed E-state index contributed by atoms with van der Waals surface area (Å²) in [5.41, 5.74) is 2.47. The fourth-order valence-corrected chi connectivity index (χ4v) is 2.58. The first-order chi connectivity index (χ1) is 7.66. The Morgan fingerprint density at radius 2 is 2.06 bits per heavy atom. The van der Waals surface area contributed by atoms with Crippen LogP contribution in [0.2, 0.25) is 0 Å². The second kappa shape index (κ2) is 4.96. The lowest BCUT2D eigenvalue weighted by atomic mass is 9.95. The van der Waals surface area contributed by atoms with E-state index in [1.54, 1.807) is 0 Å². The lowest BCUT2D eigenvalue weighted by Gasteiger charge is -2.13. The molecule has 16 heavy (non-hydrogen) atoms. The van der Waals surface area contributed by atoms with E-state index < -0.39 is 0 Å². The Morgan fingerprint density at radius 1 is 1.25 bits per heavy atom. The van der Waals surface area contributed by atoms with E-state index in [2.05, 4.69) is 59.0 Å². The largest absolute Gasteiger partial charge is 0.256 e. The highest BCUT2D eigenvalue weighted by Crippen LogP contribution is 2.25. The number of fused-ring (bicyclic) bond motifs is 1. The summed E-state index contributed by atoms with van der Waals surface area (Å²) in [4.78, 5) is 4.90. The molecule has 0 radical (unpaired) electrons. The van der Waals surface area contributed by atoms with Gasteiger partial charge < -0.3 is 0 Å². The zero-order valence-corrected chi connectivity index (χ0v) is 11.2. The average Bonchev–Trinajstić information content (AvgIpc) is 2.27. The molecule has 2 rings (SSSR count). The molecule has 1 heterocycles. The van der Waals surface area contributed by atoms with Crippen LogP contribution in [0.25, 0.3) is 10.9 Å². The van der Waals surface area contributed by atoms with Gasteiger partial charge in [0.05, 0.1) is 5.52 Å². The Balaban J connectivity index is 2.32. The number of alkyl halides is 1. The van der Waals surface area contributed by atoms with E-state index in [9.17, 15) is 0 Å². The van der Waals surface area contributed by atoms with Crippen LogP contribution < -0.4 is 0 Å². The number of hydrogen-bond donors (Lipinski definition) is 0. The fourth-order valence-electron chi connectivity index (χ4n) is 2.02. The maximum absolute atomic E-state index is 4.33. The first-order valence-electron chi connectivity index (χ1n) is 5.65. The molecule has 0 bridgehead atoms. The molecule has 0 fully saturated rings. The average molecular weight is 278 g/mol. The highest BCUT2D eigenvalue weighted by atomic mass is 79.9. The van der Waals surface area contributed by atoms with Crippen molar-refractivity contribution in [3.63, 3.8) is 0 Å². The molecule has 84 valence electrons. The van der Waals surface area contributed by atoms with Crippen molar-refractivity contribution in [3.05, 3.63) is 42.1 Å². The van der Waals surface area contributed by atoms with Gasteiger partial charge in [0, 0.05) is 16.4 Å². The molecular formula is C14H16BrN. The molecule has 0 aliphatic carbocycles. The Morgan fingerprint density at radius 3 is 2.81 bits per heavy atom. The zero-order valence-electron chi connectivity index (χ0n) is 9.65. The van der Waals surface area contributed by atoms with Gasteiger partial charge in [-0.2, -0.15) is 0 Å². The maximum atomic E-state index is 4.33. The Labute approximate surface area is 105 Å². The number of halogens is 1. The summed E-state index contributed by atoms with van der Waals surface area (Å²) in [6.45, 7) is 4.47. The predicted molar refractivity (Wildman–Crippen MR) is 73.2 cm³/mol. The summed E-state index contributed by atoms with van der Waals surface area (Å²) in [7, 11) is 0. The van der Waals surface area contributed by atoms with Crippen molar-refractivity contribution >= 4 is 26.8 Å². The van der Waals surface area contributed by atoms with Crippen molar-refractivity contribution in [1.29, 1.82) is 0 Å².